The van der Waals surface area contributed by atoms with E-state index < -0.39 is 0 Å². The van der Waals surface area contributed by atoms with Crippen molar-refractivity contribution in [3.8, 4) is 5.75 Å². The first-order valence-electron chi connectivity index (χ1n) is 9.80. The molecule has 0 radical (unpaired) electrons. The third-order valence-electron chi connectivity index (χ3n) is 4.77. The van der Waals surface area contributed by atoms with Gasteiger partial charge >= 0.3 is 0 Å². The molecule has 1 amide bonds. The third kappa shape index (κ3) is 4.51. The average Bonchev–Trinajstić information content (AvgIpc) is 2.95. The van der Waals surface area contributed by atoms with Crippen LogP contribution in [-0.2, 0) is 11.2 Å². The summed E-state index contributed by atoms with van der Waals surface area (Å²) in [5, 5.41) is 6.48. The first-order valence-corrected chi connectivity index (χ1v) is 9.80. The molecule has 0 fully saturated rings. The predicted molar refractivity (Wildman–Crippen MR) is 111 cm³/mol. The van der Waals surface area contributed by atoms with Gasteiger partial charge in [-0.15, -0.1) is 0 Å². The molecule has 0 aromatic heterocycles. The Balaban J connectivity index is 1.87. The molecule has 2 aromatic carbocycles. The molecule has 3 rings (SSSR count). The van der Waals surface area contributed by atoms with E-state index in [1.54, 1.807) is 0 Å². The van der Waals surface area contributed by atoms with E-state index in [2.05, 4.69) is 44.4 Å². The smallest absolute Gasteiger partial charge is 0.236 e. The first-order chi connectivity index (χ1) is 12.9. The average molecular weight is 367 g/mol. The lowest BCUT2D eigenvalue weighted by atomic mass is 9.87. The van der Waals surface area contributed by atoms with Crippen molar-refractivity contribution in [1.82, 2.24) is 5.32 Å². The highest BCUT2D eigenvalue weighted by atomic mass is 16.5. The number of hydrogen-bond donors (Lipinski definition) is 2. The van der Waals surface area contributed by atoms with Crippen LogP contribution in [0.1, 0.15) is 56.7 Å². The minimum atomic E-state index is -0.311. The second-order valence-electron chi connectivity index (χ2n) is 8.11. The standard InChI is InChI=1S/C23H30N2O2/c1-5-9-16-10-8-12-18-20(16)21(22(26)25-18)17-11-6-7-13-19(17)27-15-14-24-23(2,3)4/h6-8,10-13,21,24H,5,9,14-15H2,1-4H3,(H,25,26). The lowest BCUT2D eigenvalue weighted by molar-refractivity contribution is -0.116. The molecule has 1 aliphatic rings. The van der Waals surface area contributed by atoms with Crippen molar-refractivity contribution in [3.05, 3.63) is 59.2 Å². The van der Waals surface area contributed by atoms with Gasteiger partial charge in [-0.25, -0.2) is 0 Å². The van der Waals surface area contributed by atoms with Gasteiger partial charge in [-0.05, 0) is 50.5 Å². The van der Waals surface area contributed by atoms with Crippen LogP contribution < -0.4 is 15.4 Å². The van der Waals surface area contributed by atoms with Crippen molar-refractivity contribution in [2.75, 3.05) is 18.5 Å². The maximum Gasteiger partial charge on any atom is 0.236 e. The Morgan fingerprint density at radius 3 is 2.63 bits per heavy atom. The van der Waals surface area contributed by atoms with Crippen molar-refractivity contribution < 1.29 is 9.53 Å². The highest BCUT2D eigenvalue weighted by Gasteiger charge is 2.35. The molecule has 4 nitrogen and oxygen atoms in total. The zero-order chi connectivity index (χ0) is 19.4. The van der Waals surface area contributed by atoms with Crippen LogP contribution >= 0.6 is 0 Å². The van der Waals surface area contributed by atoms with Gasteiger partial charge in [0.25, 0.3) is 0 Å². The summed E-state index contributed by atoms with van der Waals surface area (Å²) in [5.74, 6) is 0.499. The summed E-state index contributed by atoms with van der Waals surface area (Å²) in [6, 6.07) is 14.0. The molecule has 2 N–H and O–H groups in total. The molecule has 27 heavy (non-hydrogen) atoms. The van der Waals surface area contributed by atoms with Crippen LogP contribution in [0.2, 0.25) is 0 Å². The number of rotatable bonds is 7. The quantitative estimate of drug-likeness (QED) is 0.710. The van der Waals surface area contributed by atoms with E-state index in [-0.39, 0.29) is 17.4 Å². The van der Waals surface area contributed by atoms with Gasteiger partial charge < -0.3 is 15.4 Å². The van der Waals surface area contributed by atoms with E-state index in [9.17, 15) is 4.79 Å². The van der Waals surface area contributed by atoms with Crippen molar-refractivity contribution >= 4 is 11.6 Å². The number of amides is 1. The molecule has 1 heterocycles. The number of benzene rings is 2. The second kappa shape index (κ2) is 8.13. The molecule has 144 valence electrons. The molecule has 1 aliphatic heterocycles. The van der Waals surface area contributed by atoms with Gasteiger partial charge in [-0.3, -0.25) is 4.79 Å². The van der Waals surface area contributed by atoms with Gasteiger partial charge in [-0.2, -0.15) is 0 Å². The van der Waals surface area contributed by atoms with Crippen molar-refractivity contribution in [3.63, 3.8) is 0 Å². The Hall–Kier alpha value is -2.33. The number of carbonyl (C=O) groups excluding carboxylic acids is 1. The normalized spacial score (nSPS) is 16.1. The highest BCUT2D eigenvalue weighted by Crippen LogP contribution is 2.42. The SMILES string of the molecule is CCCc1cccc2c1C(c1ccccc1OCCNC(C)(C)C)C(=O)N2. The Kier molecular flexibility index (Phi) is 5.85. The van der Waals surface area contributed by atoms with Gasteiger partial charge in [0.05, 0.1) is 5.92 Å². The van der Waals surface area contributed by atoms with E-state index >= 15 is 0 Å². The number of carbonyl (C=O) groups is 1. The number of nitrogens with one attached hydrogen (secondary N) is 2. The lowest BCUT2D eigenvalue weighted by Gasteiger charge is -2.21. The van der Waals surface area contributed by atoms with E-state index in [0.717, 1.165) is 42.0 Å². The fourth-order valence-corrected chi connectivity index (χ4v) is 3.62. The monoisotopic (exact) mass is 366 g/mol. The number of hydrogen-bond acceptors (Lipinski definition) is 3. The van der Waals surface area contributed by atoms with Gasteiger partial charge in [-0.1, -0.05) is 43.7 Å². The molecule has 0 bridgehead atoms. The fraction of sp³-hybridized carbons (Fsp3) is 0.435. The molecule has 4 heteroatoms. The number of ether oxygens (including phenoxy) is 1. The van der Waals surface area contributed by atoms with Crippen LogP contribution in [0.4, 0.5) is 5.69 Å². The van der Waals surface area contributed by atoms with Gasteiger partial charge in [0.1, 0.15) is 12.4 Å². The van der Waals surface area contributed by atoms with Crippen LogP contribution in [0.25, 0.3) is 0 Å². The lowest BCUT2D eigenvalue weighted by Crippen LogP contribution is -2.38. The summed E-state index contributed by atoms with van der Waals surface area (Å²) in [4.78, 5) is 12.8. The topological polar surface area (TPSA) is 50.4 Å². The van der Waals surface area contributed by atoms with E-state index in [1.165, 1.54) is 5.56 Å². The van der Waals surface area contributed by atoms with Gasteiger partial charge in [0, 0.05) is 23.3 Å². The van der Waals surface area contributed by atoms with Gasteiger partial charge in [0.15, 0.2) is 0 Å². The molecule has 1 atom stereocenters. The van der Waals surface area contributed by atoms with E-state index in [0.29, 0.717) is 6.61 Å². The molecule has 0 saturated carbocycles. The van der Waals surface area contributed by atoms with Gasteiger partial charge in [0.2, 0.25) is 5.91 Å². The number of anilines is 1. The number of aryl methyl sites for hydroxylation is 1. The van der Waals surface area contributed by atoms with Crippen LogP contribution in [0.5, 0.6) is 5.75 Å². The second-order valence-corrected chi connectivity index (χ2v) is 8.11. The Morgan fingerprint density at radius 2 is 1.89 bits per heavy atom. The summed E-state index contributed by atoms with van der Waals surface area (Å²) < 4.78 is 6.07. The molecule has 0 spiro atoms. The molecular formula is C23H30N2O2. The largest absolute Gasteiger partial charge is 0.492 e. The number of fused-ring (bicyclic) bond motifs is 1. The van der Waals surface area contributed by atoms with Crippen LogP contribution in [0, 0.1) is 0 Å². The molecule has 2 aromatic rings. The van der Waals surface area contributed by atoms with Crippen LogP contribution in [0.15, 0.2) is 42.5 Å². The van der Waals surface area contributed by atoms with Crippen LogP contribution in [0.3, 0.4) is 0 Å². The van der Waals surface area contributed by atoms with E-state index in [4.69, 9.17) is 4.74 Å². The Morgan fingerprint density at radius 1 is 1.11 bits per heavy atom. The van der Waals surface area contributed by atoms with Crippen molar-refractivity contribution in [1.29, 1.82) is 0 Å². The summed E-state index contributed by atoms with van der Waals surface area (Å²) >= 11 is 0. The zero-order valence-corrected chi connectivity index (χ0v) is 16.8. The Bertz CT molecular complexity index is 808. The molecular weight excluding hydrogens is 336 g/mol. The summed E-state index contributed by atoms with van der Waals surface area (Å²) in [6.07, 6.45) is 2.02. The zero-order valence-electron chi connectivity index (χ0n) is 16.8. The summed E-state index contributed by atoms with van der Waals surface area (Å²) in [5.41, 5.74) is 4.27. The molecule has 0 aliphatic carbocycles. The molecule has 0 saturated heterocycles. The first kappa shape index (κ1) is 19.4. The van der Waals surface area contributed by atoms with Crippen molar-refractivity contribution in [2.45, 2.75) is 52.0 Å². The van der Waals surface area contributed by atoms with Crippen molar-refractivity contribution in [2.24, 2.45) is 0 Å². The molecule has 1 unspecified atom stereocenters. The maximum atomic E-state index is 12.8. The van der Waals surface area contributed by atoms with E-state index in [1.807, 2.05) is 36.4 Å². The maximum absolute atomic E-state index is 12.8. The minimum absolute atomic E-state index is 0.0254. The Labute approximate surface area is 162 Å². The highest BCUT2D eigenvalue weighted by molar-refractivity contribution is 6.05. The number of para-hydroxylation sites is 1. The van der Waals surface area contributed by atoms with Crippen LogP contribution in [-0.4, -0.2) is 24.6 Å². The summed E-state index contributed by atoms with van der Waals surface area (Å²) in [6.45, 7) is 9.89. The third-order valence-corrected chi connectivity index (χ3v) is 4.77. The fourth-order valence-electron chi connectivity index (χ4n) is 3.62. The summed E-state index contributed by atoms with van der Waals surface area (Å²) in [7, 11) is 0. The minimum Gasteiger partial charge on any atom is -0.492 e. The predicted octanol–water partition coefficient (Wildman–Crippen LogP) is 4.49.